The zero-order chi connectivity index (χ0) is 25.4. The number of nitrogens with one attached hydrogen (secondary N) is 1. The van der Waals surface area contributed by atoms with Gasteiger partial charge in [0, 0.05) is 58.0 Å². The van der Waals surface area contributed by atoms with E-state index in [2.05, 4.69) is 31.0 Å². The summed E-state index contributed by atoms with van der Waals surface area (Å²) in [5.74, 6) is 0.118. The van der Waals surface area contributed by atoms with Gasteiger partial charge in [0.05, 0.1) is 6.10 Å². The van der Waals surface area contributed by atoms with Crippen LogP contribution in [0.4, 0.5) is 11.4 Å². The van der Waals surface area contributed by atoms with Crippen molar-refractivity contribution >= 4 is 23.2 Å². The number of carbonyl (C=O) groups excluding carboxylic acids is 2. The summed E-state index contributed by atoms with van der Waals surface area (Å²) in [6, 6.07) is 16.0. The molecule has 1 aliphatic heterocycles. The first-order valence-electron chi connectivity index (χ1n) is 12.6. The molecule has 2 aromatic rings. The molecule has 6 nitrogen and oxygen atoms in total. The van der Waals surface area contributed by atoms with E-state index in [-0.39, 0.29) is 23.3 Å². The number of anilines is 2. The molecule has 6 heteroatoms. The first-order chi connectivity index (χ1) is 16.6. The lowest BCUT2D eigenvalue weighted by Gasteiger charge is -2.30. The van der Waals surface area contributed by atoms with Gasteiger partial charge in [-0.05, 0) is 54.0 Å². The lowest BCUT2D eigenvalue weighted by Crippen LogP contribution is -2.38. The molecule has 1 fully saturated rings. The van der Waals surface area contributed by atoms with Gasteiger partial charge in [-0.3, -0.25) is 9.59 Å². The number of aryl methyl sites for hydroxylation is 1. The smallest absolute Gasteiger partial charge is 0.224 e. The van der Waals surface area contributed by atoms with E-state index in [1.807, 2.05) is 67.5 Å². The van der Waals surface area contributed by atoms with Crippen molar-refractivity contribution in [3.63, 3.8) is 0 Å². The number of amides is 2. The van der Waals surface area contributed by atoms with Crippen molar-refractivity contribution in [2.75, 3.05) is 37.5 Å². The highest BCUT2D eigenvalue weighted by molar-refractivity contribution is 5.91. The zero-order valence-corrected chi connectivity index (χ0v) is 22.0. The monoisotopic (exact) mass is 479 g/mol. The van der Waals surface area contributed by atoms with Gasteiger partial charge in [0.1, 0.15) is 0 Å². The molecule has 1 atom stereocenters. The molecule has 2 aromatic carbocycles. The fourth-order valence-electron chi connectivity index (χ4n) is 4.41. The molecule has 0 spiro atoms. The molecule has 3 rings (SSSR count). The summed E-state index contributed by atoms with van der Waals surface area (Å²) in [7, 11) is 4.00. The summed E-state index contributed by atoms with van der Waals surface area (Å²) in [6.45, 7) is 8.11. The zero-order valence-electron chi connectivity index (χ0n) is 22.0. The Labute approximate surface area is 210 Å². The van der Waals surface area contributed by atoms with Crippen LogP contribution in [0.5, 0.6) is 0 Å². The van der Waals surface area contributed by atoms with Crippen LogP contribution in [0.1, 0.15) is 57.6 Å². The topological polar surface area (TPSA) is 61.9 Å². The molecule has 0 bridgehead atoms. The first-order valence-corrected chi connectivity index (χ1v) is 12.6. The van der Waals surface area contributed by atoms with Gasteiger partial charge in [-0.2, -0.15) is 0 Å². The van der Waals surface area contributed by atoms with Crippen LogP contribution in [0.2, 0.25) is 0 Å². The summed E-state index contributed by atoms with van der Waals surface area (Å²) in [5, 5.41) is 3.05. The van der Waals surface area contributed by atoms with E-state index in [9.17, 15) is 9.59 Å². The molecule has 0 radical (unpaired) electrons. The minimum atomic E-state index is -0.0924. The van der Waals surface area contributed by atoms with E-state index in [4.69, 9.17) is 4.74 Å². The van der Waals surface area contributed by atoms with Crippen molar-refractivity contribution in [2.24, 2.45) is 5.41 Å². The number of rotatable bonds is 10. The van der Waals surface area contributed by atoms with Crippen LogP contribution in [0.15, 0.2) is 48.5 Å². The van der Waals surface area contributed by atoms with Crippen molar-refractivity contribution in [1.29, 1.82) is 0 Å². The Morgan fingerprint density at radius 2 is 1.83 bits per heavy atom. The Morgan fingerprint density at radius 1 is 1.09 bits per heavy atom. The molecular weight excluding hydrogens is 438 g/mol. The van der Waals surface area contributed by atoms with Crippen molar-refractivity contribution in [1.82, 2.24) is 4.90 Å². The third kappa shape index (κ3) is 8.70. The maximum atomic E-state index is 13.3. The van der Waals surface area contributed by atoms with E-state index < -0.39 is 0 Å². The molecule has 1 aliphatic rings. The third-order valence-electron chi connectivity index (χ3n) is 6.17. The quantitative estimate of drug-likeness (QED) is 0.504. The fraction of sp³-hybridized carbons (Fsp3) is 0.517. The molecular formula is C29H41N3O3. The normalized spacial score (nSPS) is 15.6. The second kappa shape index (κ2) is 12.2. The Hall–Kier alpha value is -2.86. The summed E-state index contributed by atoms with van der Waals surface area (Å²) >= 11 is 0. The number of hydrogen-bond donors (Lipinski definition) is 1. The minimum Gasteiger partial charge on any atom is -0.377 e. The van der Waals surface area contributed by atoms with Crippen molar-refractivity contribution in [3.05, 3.63) is 59.7 Å². The highest BCUT2D eigenvalue weighted by atomic mass is 16.5. The number of benzene rings is 2. The van der Waals surface area contributed by atoms with Gasteiger partial charge in [0.2, 0.25) is 11.8 Å². The van der Waals surface area contributed by atoms with E-state index in [1.165, 1.54) is 0 Å². The SMILES string of the molecule is CN(C)c1ccc(NC(=O)CCc2ccccc2)cc1CN(CC1CCCO1)C(=O)CC(C)(C)C. The van der Waals surface area contributed by atoms with Gasteiger partial charge in [-0.25, -0.2) is 0 Å². The molecule has 0 saturated carbocycles. The molecule has 190 valence electrons. The van der Waals surface area contributed by atoms with Crippen molar-refractivity contribution in [3.8, 4) is 0 Å². The molecule has 1 heterocycles. The Bertz CT molecular complexity index is 976. The number of ether oxygens (including phenoxy) is 1. The lowest BCUT2D eigenvalue weighted by molar-refractivity contribution is -0.135. The molecule has 35 heavy (non-hydrogen) atoms. The number of nitrogens with zero attached hydrogens (tertiary/aromatic N) is 2. The lowest BCUT2D eigenvalue weighted by atomic mass is 9.91. The average molecular weight is 480 g/mol. The molecule has 2 amide bonds. The third-order valence-corrected chi connectivity index (χ3v) is 6.17. The van der Waals surface area contributed by atoms with Crippen LogP contribution in [-0.2, 0) is 27.3 Å². The summed E-state index contributed by atoms with van der Waals surface area (Å²) in [6.07, 6.45) is 3.71. The number of carbonyl (C=O) groups is 2. The van der Waals surface area contributed by atoms with Crippen LogP contribution in [0, 0.1) is 5.41 Å². The molecule has 0 aromatic heterocycles. The Kier molecular flexibility index (Phi) is 9.33. The van der Waals surface area contributed by atoms with Gasteiger partial charge in [0.15, 0.2) is 0 Å². The molecule has 0 aliphatic carbocycles. The number of hydrogen-bond acceptors (Lipinski definition) is 4. The molecule has 1 saturated heterocycles. The predicted molar refractivity (Wildman–Crippen MR) is 143 cm³/mol. The maximum Gasteiger partial charge on any atom is 0.224 e. The standard InChI is InChI=1S/C29H41N3O3/c1-29(2,3)19-28(34)32(21-25-12-9-17-35-25)20-23-18-24(14-15-26(23)31(4)5)30-27(33)16-13-22-10-7-6-8-11-22/h6-8,10-11,14-15,18,25H,9,12-13,16-17,19-21H2,1-5H3,(H,30,33). The van der Waals surface area contributed by atoms with Crippen molar-refractivity contribution < 1.29 is 14.3 Å². The van der Waals surface area contributed by atoms with E-state index >= 15 is 0 Å². The van der Waals surface area contributed by atoms with E-state index in [0.29, 0.717) is 32.4 Å². The van der Waals surface area contributed by atoms with Crippen LogP contribution < -0.4 is 10.2 Å². The van der Waals surface area contributed by atoms with E-state index in [1.54, 1.807) is 0 Å². The summed E-state index contributed by atoms with van der Waals surface area (Å²) < 4.78 is 5.86. The molecule has 1 unspecified atom stereocenters. The Balaban J connectivity index is 1.75. The van der Waals surface area contributed by atoms with Crippen LogP contribution in [0.3, 0.4) is 0 Å². The minimum absolute atomic E-state index is 0.0163. The van der Waals surface area contributed by atoms with Gasteiger partial charge in [-0.1, -0.05) is 51.1 Å². The first kappa shape index (κ1) is 26.7. The fourth-order valence-corrected chi connectivity index (χ4v) is 4.41. The van der Waals surface area contributed by atoms with Crippen molar-refractivity contribution in [2.45, 2.75) is 65.5 Å². The predicted octanol–water partition coefficient (Wildman–Crippen LogP) is 5.27. The van der Waals surface area contributed by atoms with E-state index in [0.717, 1.165) is 42.0 Å². The highest BCUT2D eigenvalue weighted by Crippen LogP contribution is 2.27. The summed E-state index contributed by atoms with van der Waals surface area (Å²) in [4.78, 5) is 29.9. The second-order valence-electron chi connectivity index (χ2n) is 10.9. The van der Waals surface area contributed by atoms with Gasteiger partial charge < -0.3 is 19.9 Å². The molecule has 1 N–H and O–H groups in total. The largest absolute Gasteiger partial charge is 0.377 e. The van der Waals surface area contributed by atoms with Gasteiger partial charge in [-0.15, -0.1) is 0 Å². The van der Waals surface area contributed by atoms with Gasteiger partial charge in [0.25, 0.3) is 0 Å². The summed E-state index contributed by atoms with van der Waals surface area (Å²) in [5.41, 5.74) is 3.85. The highest BCUT2D eigenvalue weighted by Gasteiger charge is 2.26. The second-order valence-corrected chi connectivity index (χ2v) is 10.9. The Morgan fingerprint density at radius 3 is 2.46 bits per heavy atom. The van der Waals surface area contributed by atoms with Crippen LogP contribution in [-0.4, -0.2) is 50.1 Å². The van der Waals surface area contributed by atoms with Gasteiger partial charge >= 0.3 is 0 Å². The van der Waals surface area contributed by atoms with Crippen LogP contribution >= 0.6 is 0 Å². The average Bonchev–Trinajstić information content (AvgIpc) is 3.30. The van der Waals surface area contributed by atoms with Crippen LogP contribution in [0.25, 0.3) is 0 Å². The maximum absolute atomic E-state index is 13.3.